The Hall–Kier alpha value is -0.270. The summed E-state index contributed by atoms with van der Waals surface area (Å²) in [4.78, 5) is 0. The Morgan fingerprint density at radius 1 is 1.27 bits per heavy atom. The van der Waals surface area contributed by atoms with E-state index in [4.69, 9.17) is 23.2 Å². The van der Waals surface area contributed by atoms with Crippen molar-refractivity contribution in [1.29, 1.82) is 0 Å². The Balaban J connectivity index is 2.81. The van der Waals surface area contributed by atoms with Gasteiger partial charge < -0.3 is 0 Å². The molecule has 1 aromatic rings. The molecule has 1 atom stereocenters. The molecule has 0 bridgehead atoms. The van der Waals surface area contributed by atoms with Crippen molar-refractivity contribution >= 4 is 23.2 Å². The van der Waals surface area contributed by atoms with Gasteiger partial charge in [-0.25, -0.2) is 4.39 Å². The second kappa shape index (κ2) is 3.93. The van der Waals surface area contributed by atoms with E-state index in [9.17, 15) is 4.39 Å². The van der Waals surface area contributed by atoms with E-state index in [1.54, 1.807) is 12.1 Å². The first-order chi connectivity index (χ1) is 5.24. The van der Waals surface area contributed by atoms with Gasteiger partial charge in [0.05, 0.1) is 5.38 Å². The predicted octanol–water partition coefficient (Wildman–Crippen LogP) is 3.34. The zero-order valence-electron chi connectivity index (χ0n) is 5.73. The van der Waals surface area contributed by atoms with Gasteiger partial charge in [0.15, 0.2) is 0 Å². The lowest BCUT2D eigenvalue weighted by molar-refractivity contribution is 0.627. The van der Waals surface area contributed by atoms with Crippen molar-refractivity contribution in [3.8, 4) is 0 Å². The number of rotatable bonds is 2. The van der Waals surface area contributed by atoms with E-state index in [-0.39, 0.29) is 11.2 Å². The summed E-state index contributed by atoms with van der Waals surface area (Å²) in [6.45, 7) is 0. The summed E-state index contributed by atoms with van der Waals surface area (Å²) in [5.41, 5.74) is 0.850. The van der Waals surface area contributed by atoms with Crippen LogP contribution in [-0.2, 0) is 0 Å². The summed E-state index contributed by atoms with van der Waals surface area (Å²) in [7, 11) is 0. The van der Waals surface area contributed by atoms with Crippen molar-refractivity contribution in [3.63, 3.8) is 0 Å². The van der Waals surface area contributed by atoms with Gasteiger partial charge in [0.1, 0.15) is 5.82 Å². The van der Waals surface area contributed by atoms with Gasteiger partial charge in [0.2, 0.25) is 0 Å². The minimum absolute atomic E-state index is 0.225. The van der Waals surface area contributed by atoms with Crippen LogP contribution in [0.2, 0.25) is 0 Å². The quantitative estimate of drug-likeness (QED) is 0.631. The average molecular weight is 193 g/mol. The van der Waals surface area contributed by atoms with Crippen LogP contribution in [-0.4, -0.2) is 5.88 Å². The van der Waals surface area contributed by atoms with E-state index in [2.05, 4.69) is 0 Å². The van der Waals surface area contributed by atoms with Crippen molar-refractivity contribution in [2.24, 2.45) is 0 Å². The average Bonchev–Trinajstić information content (AvgIpc) is 2.05. The molecule has 0 heterocycles. The van der Waals surface area contributed by atoms with Crippen molar-refractivity contribution in [3.05, 3.63) is 35.6 Å². The fraction of sp³-hybridized carbons (Fsp3) is 0.250. The highest BCUT2D eigenvalue weighted by Gasteiger charge is 2.04. The third-order valence-electron chi connectivity index (χ3n) is 1.37. The number of benzene rings is 1. The van der Waals surface area contributed by atoms with Gasteiger partial charge in [-0.15, -0.1) is 23.2 Å². The molecule has 0 nitrogen and oxygen atoms in total. The second-order valence-electron chi connectivity index (χ2n) is 2.17. The smallest absolute Gasteiger partial charge is 0.123 e. The maximum absolute atomic E-state index is 12.4. The molecule has 1 rings (SSSR count). The molecule has 60 valence electrons. The standard InChI is InChI=1S/C8H7Cl2F/c9-5-8(10)6-1-3-7(11)4-2-6/h1-4,8H,5H2. The summed E-state index contributed by atoms with van der Waals surface area (Å²) >= 11 is 11.3. The predicted molar refractivity (Wildman–Crippen MR) is 45.7 cm³/mol. The SMILES string of the molecule is Fc1ccc(C(Cl)CCl)cc1. The molecular formula is C8H7Cl2F. The highest BCUT2D eigenvalue weighted by Crippen LogP contribution is 2.21. The van der Waals surface area contributed by atoms with Gasteiger partial charge in [0, 0.05) is 5.88 Å². The highest BCUT2D eigenvalue weighted by molar-refractivity contribution is 6.28. The minimum atomic E-state index is -0.257. The Bertz CT molecular complexity index is 220. The van der Waals surface area contributed by atoms with Gasteiger partial charge in [0.25, 0.3) is 0 Å². The number of hydrogen-bond donors (Lipinski definition) is 0. The molecule has 0 aliphatic heterocycles. The lowest BCUT2D eigenvalue weighted by Gasteiger charge is -2.03. The summed E-state index contributed by atoms with van der Waals surface area (Å²) in [5, 5.41) is -0.225. The van der Waals surface area contributed by atoms with Crippen molar-refractivity contribution < 1.29 is 4.39 Å². The fourth-order valence-electron chi connectivity index (χ4n) is 0.761. The summed E-state index contributed by atoms with van der Waals surface area (Å²) in [6.07, 6.45) is 0. The maximum Gasteiger partial charge on any atom is 0.123 e. The molecule has 0 saturated carbocycles. The summed E-state index contributed by atoms with van der Waals surface area (Å²) in [5.74, 6) is 0.0832. The first-order valence-electron chi connectivity index (χ1n) is 3.19. The first-order valence-corrected chi connectivity index (χ1v) is 4.16. The molecule has 0 aromatic heterocycles. The van der Waals surface area contributed by atoms with E-state index >= 15 is 0 Å². The first kappa shape index (κ1) is 8.82. The van der Waals surface area contributed by atoms with Gasteiger partial charge >= 0.3 is 0 Å². The third kappa shape index (κ3) is 2.35. The molecule has 0 amide bonds. The topological polar surface area (TPSA) is 0 Å². The van der Waals surface area contributed by atoms with Crippen LogP contribution in [0.4, 0.5) is 4.39 Å². The summed E-state index contributed by atoms with van der Waals surface area (Å²) in [6, 6.07) is 6.01. The number of halogens is 3. The molecule has 0 spiro atoms. The lowest BCUT2D eigenvalue weighted by Crippen LogP contribution is -1.90. The van der Waals surface area contributed by atoms with E-state index in [1.165, 1.54) is 12.1 Å². The van der Waals surface area contributed by atoms with Crippen LogP contribution < -0.4 is 0 Å². The normalized spacial score (nSPS) is 13.0. The van der Waals surface area contributed by atoms with Crippen LogP contribution in [0.3, 0.4) is 0 Å². The molecule has 1 unspecified atom stereocenters. The second-order valence-corrected chi connectivity index (χ2v) is 3.01. The molecule has 0 N–H and O–H groups in total. The zero-order chi connectivity index (χ0) is 8.27. The van der Waals surface area contributed by atoms with Crippen LogP contribution in [0.1, 0.15) is 10.9 Å². The lowest BCUT2D eigenvalue weighted by atomic mass is 10.2. The Kier molecular flexibility index (Phi) is 3.16. The Morgan fingerprint density at radius 3 is 2.27 bits per heavy atom. The number of alkyl halides is 2. The molecule has 0 radical (unpaired) electrons. The van der Waals surface area contributed by atoms with Crippen molar-refractivity contribution in [2.45, 2.75) is 5.38 Å². The Labute approximate surface area is 74.9 Å². The molecule has 11 heavy (non-hydrogen) atoms. The van der Waals surface area contributed by atoms with E-state index in [0.717, 1.165) is 5.56 Å². The molecule has 3 heteroatoms. The molecule has 1 aromatic carbocycles. The largest absolute Gasteiger partial charge is 0.207 e. The fourth-order valence-corrected chi connectivity index (χ4v) is 1.08. The van der Waals surface area contributed by atoms with E-state index < -0.39 is 0 Å². The van der Waals surface area contributed by atoms with Crippen LogP contribution in [0.15, 0.2) is 24.3 Å². The zero-order valence-corrected chi connectivity index (χ0v) is 7.24. The minimum Gasteiger partial charge on any atom is -0.207 e. The molecule has 0 fully saturated rings. The number of hydrogen-bond acceptors (Lipinski definition) is 0. The maximum atomic E-state index is 12.4. The van der Waals surface area contributed by atoms with E-state index in [1.807, 2.05) is 0 Å². The van der Waals surface area contributed by atoms with Crippen LogP contribution in [0.5, 0.6) is 0 Å². The van der Waals surface area contributed by atoms with Gasteiger partial charge in [-0.1, -0.05) is 12.1 Å². The highest BCUT2D eigenvalue weighted by atomic mass is 35.5. The van der Waals surface area contributed by atoms with Gasteiger partial charge in [-0.05, 0) is 17.7 Å². The van der Waals surface area contributed by atoms with Gasteiger partial charge in [-0.3, -0.25) is 0 Å². The van der Waals surface area contributed by atoms with Crippen LogP contribution in [0.25, 0.3) is 0 Å². The van der Waals surface area contributed by atoms with Crippen LogP contribution >= 0.6 is 23.2 Å². The van der Waals surface area contributed by atoms with Crippen molar-refractivity contribution in [1.82, 2.24) is 0 Å². The van der Waals surface area contributed by atoms with E-state index in [0.29, 0.717) is 5.88 Å². The summed E-state index contributed by atoms with van der Waals surface area (Å²) < 4.78 is 12.4. The van der Waals surface area contributed by atoms with Gasteiger partial charge in [-0.2, -0.15) is 0 Å². The Morgan fingerprint density at radius 2 is 1.82 bits per heavy atom. The molecular weight excluding hydrogens is 186 g/mol. The monoisotopic (exact) mass is 192 g/mol. The molecule has 0 aliphatic rings. The molecule has 0 saturated heterocycles. The third-order valence-corrected chi connectivity index (χ3v) is 2.24. The molecule has 0 aliphatic carbocycles. The van der Waals surface area contributed by atoms with Crippen molar-refractivity contribution in [2.75, 3.05) is 5.88 Å². The van der Waals surface area contributed by atoms with Crippen LogP contribution in [0, 0.1) is 5.82 Å².